The zero-order valence-corrected chi connectivity index (χ0v) is 21.4. The lowest BCUT2D eigenvalue weighted by Crippen LogP contribution is -2.23. The summed E-state index contributed by atoms with van der Waals surface area (Å²) in [5.41, 5.74) is 2.59. The van der Waals surface area contributed by atoms with Gasteiger partial charge in [-0.3, -0.25) is 9.69 Å². The second-order valence-electron chi connectivity index (χ2n) is 9.36. The van der Waals surface area contributed by atoms with E-state index in [9.17, 15) is 26.4 Å². The number of carbonyl (C=O) groups is 1. The summed E-state index contributed by atoms with van der Waals surface area (Å²) in [7, 11) is -1.27. The Morgan fingerprint density at radius 3 is 2.11 bits per heavy atom. The van der Waals surface area contributed by atoms with Crippen LogP contribution >= 0.6 is 0 Å². The molecule has 9 heteroatoms. The number of alkyl halides is 3. The molecule has 1 fully saturated rings. The third-order valence-corrected chi connectivity index (χ3v) is 8.68. The third kappa shape index (κ3) is 6.22. The molecule has 1 N–H and O–H groups in total. The number of rotatable bonds is 7. The Morgan fingerprint density at radius 2 is 1.54 bits per heavy atom. The molecule has 0 saturated carbocycles. The molecule has 1 aliphatic heterocycles. The van der Waals surface area contributed by atoms with Crippen LogP contribution in [0.2, 0.25) is 0 Å². The summed E-state index contributed by atoms with van der Waals surface area (Å²) in [5.74, 6) is -0.0796. The topological polar surface area (TPSA) is 66.5 Å². The maximum absolute atomic E-state index is 12.9. The van der Waals surface area contributed by atoms with E-state index in [4.69, 9.17) is 0 Å². The number of likely N-dealkylation sites (N-methyl/N-ethyl adjacent to an activating group) is 1. The predicted octanol–water partition coefficient (Wildman–Crippen LogP) is 5.59. The van der Waals surface area contributed by atoms with E-state index in [0.717, 1.165) is 41.8 Å². The zero-order chi connectivity index (χ0) is 26.8. The number of hydrogen-bond donors (Lipinski definition) is 1. The van der Waals surface area contributed by atoms with Crippen LogP contribution in [0, 0.1) is 0 Å². The van der Waals surface area contributed by atoms with Crippen molar-refractivity contribution >= 4 is 15.7 Å². The van der Waals surface area contributed by atoms with Crippen LogP contribution in [0.15, 0.2) is 77.7 Å². The highest BCUT2D eigenvalue weighted by molar-refractivity contribution is 7.91. The highest BCUT2D eigenvalue weighted by atomic mass is 32.2. The number of likely N-dealkylation sites (tertiary alicyclic amines) is 1. The van der Waals surface area contributed by atoms with E-state index in [1.54, 1.807) is 55.5 Å². The van der Waals surface area contributed by atoms with Crippen molar-refractivity contribution in [3.63, 3.8) is 0 Å². The summed E-state index contributed by atoms with van der Waals surface area (Å²) in [6.45, 7) is 2.60. The molecule has 0 aromatic heterocycles. The maximum atomic E-state index is 12.9. The third-order valence-electron chi connectivity index (χ3n) is 6.93. The minimum atomic E-state index is -4.34. The van der Waals surface area contributed by atoms with E-state index < -0.39 is 21.6 Å². The SMILES string of the molecule is CCS(=O)(=O)c1ccc(CNC(=O)c2ccc(C3CC(c4ccc(C(F)(F)F)cc4)CN3C)cc2)cc1. The largest absolute Gasteiger partial charge is 0.416 e. The van der Waals surface area contributed by atoms with E-state index in [0.29, 0.717) is 5.56 Å². The van der Waals surface area contributed by atoms with Gasteiger partial charge in [0.05, 0.1) is 16.2 Å². The number of sulfone groups is 1. The fourth-order valence-electron chi connectivity index (χ4n) is 4.70. The van der Waals surface area contributed by atoms with Crippen molar-refractivity contribution in [1.29, 1.82) is 0 Å². The second kappa shape index (κ2) is 10.7. The molecule has 0 bridgehead atoms. The summed E-state index contributed by atoms with van der Waals surface area (Å²) in [6, 6.07) is 19.3. The molecule has 2 atom stereocenters. The zero-order valence-electron chi connectivity index (χ0n) is 20.6. The van der Waals surface area contributed by atoms with Crippen LogP contribution in [0.3, 0.4) is 0 Å². The normalized spacial score (nSPS) is 18.6. The molecule has 196 valence electrons. The molecule has 3 aromatic carbocycles. The molecule has 37 heavy (non-hydrogen) atoms. The number of carbonyl (C=O) groups excluding carboxylic acids is 1. The predicted molar refractivity (Wildman–Crippen MR) is 136 cm³/mol. The number of nitrogens with zero attached hydrogens (tertiary/aromatic N) is 1. The molecule has 1 saturated heterocycles. The monoisotopic (exact) mass is 530 g/mol. The average molecular weight is 531 g/mol. The van der Waals surface area contributed by atoms with Gasteiger partial charge in [0, 0.05) is 24.7 Å². The van der Waals surface area contributed by atoms with Crippen LogP contribution in [0.1, 0.15) is 57.9 Å². The van der Waals surface area contributed by atoms with Gasteiger partial charge in [0.1, 0.15) is 0 Å². The standard InChI is InChI=1S/C28H29F3N2O3S/c1-3-37(35,36)25-14-4-19(5-15-25)17-32-27(34)22-8-6-21(7-9-22)26-16-23(18-33(26)2)20-10-12-24(13-11-20)28(29,30)31/h4-15,23,26H,3,16-18H2,1-2H3,(H,32,34). The minimum Gasteiger partial charge on any atom is -0.348 e. The van der Waals surface area contributed by atoms with Crippen molar-refractivity contribution in [2.45, 2.75) is 42.9 Å². The lowest BCUT2D eigenvalue weighted by atomic mass is 9.93. The Bertz CT molecular complexity index is 1340. The lowest BCUT2D eigenvalue weighted by molar-refractivity contribution is -0.137. The summed E-state index contributed by atoms with van der Waals surface area (Å²) in [4.78, 5) is 15.1. The Kier molecular flexibility index (Phi) is 7.75. The van der Waals surface area contributed by atoms with Gasteiger partial charge in [0.2, 0.25) is 0 Å². The molecule has 2 unspecified atom stereocenters. The fourth-order valence-corrected chi connectivity index (χ4v) is 5.58. The van der Waals surface area contributed by atoms with Gasteiger partial charge >= 0.3 is 6.18 Å². The van der Waals surface area contributed by atoms with Crippen molar-refractivity contribution in [1.82, 2.24) is 10.2 Å². The first kappa shape index (κ1) is 26.9. The van der Waals surface area contributed by atoms with Gasteiger partial charge in [-0.1, -0.05) is 43.3 Å². The van der Waals surface area contributed by atoms with Gasteiger partial charge in [-0.15, -0.1) is 0 Å². The Morgan fingerprint density at radius 1 is 0.946 bits per heavy atom. The van der Waals surface area contributed by atoms with E-state index in [1.165, 1.54) is 0 Å². The summed E-state index contributed by atoms with van der Waals surface area (Å²) in [5, 5.41) is 2.85. The second-order valence-corrected chi connectivity index (χ2v) is 11.6. The highest BCUT2D eigenvalue weighted by Gasteiger charge is 2.33. The van der Waals surface area contributed by atoms with Crippen molar-refractivity contribution in [3.8, 4) is 0 Å². The molecular weight excluding hydrogens is 501 g/mol. The van der Waals surface area contributed by atoms with Gasteiger partial charge in [0.25, 0.3) is 5.91 Å². The number of halogens is 3. The molecule has 5 nitrogen and oxygen atoms in total. The van der Waals surface area contributed by atoms with Crippen LogP contribution in [0.5, 0.6) is 0 Å². The Labute approximate surface area is 215 Å². The molecule has 1 aliphatic rings. The molecule has 0 aliphatic carbocycles. The van der Waals surface area contributed by atoms with Crippen LogP contribution in [0.25, 0.3) is 0 Å². The van der Waals surface area contributed by atoms with Crippen LogP contribution in [-0.4, -0.2) is 38.6 Å². The molecule has 3 aromatic rings. The van der Waals surface area contributed by atoms with E-state index in [-0.39, 0.29) is 35.1 Å². The number of benzene rings is 3. The molecule has 1 heterocycles. The number of hydrogen-bond acceptors (Lipinski definition) is 4. The summed E-state index contributed by atoms with van der Waals surface area (Å²) >= 11 is 0. The van der Waals surface area contributed by atoms with Gasteiger partial charge < -0.3 is 5.32 Å². The lowest BCUT2D eigenvalue weighted by Gasteiger charge is -2.19. The molecule has 1 amide bonds. The Hall–Kier alpha value is -3.17. The molecule has 0 spiro atoms. The van der Waals surface area contributed by atoms with Gasteiger partial charge in [-0.2, -0.15) is 13.2 Å². The fraction of sp³-hybridized carbons (Fsp3) is 0.321. The van der Waals surface area contributed by atoms with Gasteiger partial charge in [0.15, 0.2) is 9.84 Å². The molecule has 4 rings (SSSR count). The first-order valence-electron chi connectivity index (χ1n) is 12.0. The van der Waals surface area contributed by atoms with Crippen LogP contribution in [0.4, 0.5) is 13.2 Å². The van der Waals surface area contributed by atoms with E-state index in [1.807, 2.05) is 19.2 Å². The van der Waals surface area contributed by atoms with Crippen molar-refractivity contribution in [2.75, 3.05) is 19.3 Å². The number of nitrogens with one attached hydrogen (secondary N) is 1. The van der Waals surface area contributed by atoms with E-state index in [2.05, 4.69) is 10.2 Å². The van der Waals surface area contributed by atoms with Gasteiger partial charge in [-0.05, 0) is 72.5 Å². The van der Waals surface area contributed by atoms with Crippen LogP contribution in [-0.2, 0) is 22.6 Å². The Balaban J connectivity index is 1.35. The van der Waals surface area contributed by atoms with Crippen molar-refractivity contribution < 1.29 is 26.4 Å². The summed E-state index contributed by atoms with van der Waals surface area (Å²) < 4.78 is 62.5. The highest BCUT2D eigenvalue weighted by Crippen LogP contribution is 2.40. The quantitative estimate of drug-likeness (QED) is 0.433. The van der Waals surface area contributed by atoms with Crippen molar-refractivity contribution in [2.24, 2.45) is 0 Å². The average Bonchev–Trinajstić information content (AvgIpc) is 3.28. The minimum absolute atomic E-state index is 0.0332. The molecular formula is C28H29F3N2O3S. The number of amides is 1. The maximum Gasteiger partial charge on any atom is 0.416 e. The smallest absolute Gasteiger partial charge is 0.348 e. The summed E-state index contributed by atoms with van der Waals surface area (Å²) in [6.07, 6.45) is -3.57. The first-order chi connectivity index (χ1) is 17.5. The van der Waals surface area contributed by atoms with E-state index >= 15 is 0 Å². The first-order valence-corrected chi connectivity index (χ1v) is 13.7. The van der Waals surface area contributed by atoms with Crippen LogP contribution < -0.4 is 5.32 Å². The van der Waals surface area contributed by atoms with Crippen molar-refractivity contribution in [3.05, 3.63) is 101 Å². The molecule has 0 radical (unpaired) electrons. The van der Waals surface area contributed by atoms with Gasteiger partial charge in [-0.25, -0.2) is 8.42 Å².